The van der Waals surface area contributed by atoms with Crippen LogP contribution in [-0.2, 0) is 4.74 Å². The number of amides is 1. The minimum Gasteiger partial charge on any atom is -0.496 e. The Morgan fingerprint density at radius 3 is 2.38 bits per heavy atom. The van der Waals surface area contributed by atoms with E-state index in [2.05, 4.69) is 0 Å². The Kier molecular flexibility index (Phi) is 6.46. The largest absolute Gasteiger partial charge is 0.496 e. The summed E-state index contributed by atoms with van der Waals surface area (Å²) in [6.07, 6.45) is 1.44. The molecule has 6 heteroatoms. The van der Waals surface area contributed by atoms with E-state index in [1.807, 2.05) is 40.7 Å². The maximum atomic E-state index is 12.3. The number of rotatable bonds is 3. The Bertz CT molecular complexity index is 660. The molecule has 0 aromatic heterocycles. The maximum Gasteiger partial charge on any atom is 0.410 e. The summed E-state index contributed by atoms with van der Waals surface area (Å²) < 4.78 is 11.2. The van der Waals surface area contributed by atoms with Gasteiger partial charge in [0.1, 0.15) is 11.4 Å². The molecular formula is C20H31ClN2O3. The quantitative estimate of drug-likeness (QED) is 0.816. The number of nitrogens with zero attached hydrogens (tertiary/aromatic N) is 1. The highest BCUT2D eigenvalue weighted by atomic mass is 35.5. The second kappa shape index (κ2) is 8.05. The van der Waals surface area contributed by atoms with Crippen molar-refractivity contribution in [2.45, 2.75) is 65.0 Å². The zero-order chi connectivity index (χ0) is 19.6. The van der Waals surface area contributed by atoms with Gasteiger partial charge >= 0.3 is 6.09 Å². The number of carbonyl (C=O) groups is 1. The van der Waals surface area contributed by atoms with Gasteiger partial charge in [-0.3, -0.25) is 0 Å². The lowest BCUT2D eigenvalue weighted by atomic mass is 9.84. The molecule has 1 aromatic rings. The number of ether oxygens (including phenoxy) is 2. The molecule has 1 amide bonds. The number of hydrogen-bond donors (Lipinski definition) is 1. The molecule has 0 bridgehead atoms. The molecule has 1 unspecified atom stereocenters. The summed E-state index contributed by atoms with van der Waals surface area (Å²) in [4.78, 5) is 14.1. The Hall–Kier alpha value is -1.46. The van der Waals surface area contributed by atoms with Crippen LogP contribution in [0.4, 0.5) is 4.79 Å². The van der Waals surface area contributed by atoms with E-state index in [9.17, 15) is 4.79 Å². The van der Waals surface area contributed by atoms with Gasteiger partial charge in [0.05, 0.1) is 7.11 Å². The van der Waals surface area contributed by atoms with Crippen LogP contribution in [0, 0.1) is 6.92 Å². The second-order valence-electron chi connectivity index (χ2n) is 8.05. The Labute approximate surface area is 161 Å². The molecule has 26 heavy (non-hydrogen) atoms. The number of benzene rings is 1. The van der Waals surface area contributed by atoms with Gasteiger partial charge in [0.15, 0.2) is 0 Å². The van der Waals surface area contributed by atoms with Crippen LogP contribution in [0.25, 0.3) is 0 Å². The van der Waals surface area contributed by atoms with Crippen molar-refractivity contribution in [1.29, 1.82) is 0 Å². The van der Waals surface area contributed by atoms with Crippen LogP contribution in [0.1, 0.15) is 69.2 Å². The van der Waals surface area contributed by atoms with E-state index in [0.29, 0.717) is 18.1 Å². The Morgan fingerprint density at radius 1 is 1.35 bits per heavy atom. The molecule has 2 rings (SSSR count). The first-order chi connectivity index (χ1) is 12.0. The van der Waals surface area contributed by atoms with Crippen molar-refractivity contribution in [3.05, 3.63) is 27.8 Å². The first-order valence-electron chi connectivity index (χ1n) is 9.15. The number of carbonyl (C=O) groups excluding carboxylic acids is 1. The third-order valence-corrected chi connectivity index (χ3v) is 5.19. The SMILES string of the molecule is COc1c(C(C)N)cc(Cl)c(C)c1C1CCN(C(=O)OC(C)(C)C)CC1. The van der Waals surface area contributed by atoms with Gasteiger partial charge in [-0.2, -0.15) is 0 Å². The van der Waals surface area contributed by atoms with Crippen LogP contribution >= 0.6 is 11.6 Å². The predicted molar refractivity (Wildman–Crippen MR) is 105 cm³/mol. The summed E-state index contributed by atoms with van der Waals surface area (Å²) in [5.41, 5.74) is 8.72. The molecule has 1 aliphatic rings. The number of likely N-dealkylation sites (tertiary alicyclic amines) is 1. The van der Waals surface area contributed by atoms with Crippen molar-refractivity contribution in [2.75, 3.05) is 20.2 Å². The zero-order valence-corrected chi connectivity index (χ0v) is 17.4. The molecule has 0 radical (unpaired) electrons. The zero-order valence-electron chi connectivity index (χ0n) is 16.7. The predicted octanol–water partition coefficient (Wildman–Crippen LogP) is 4.79. The average Bonchev–Trinajstić information content (AvgIpc) is 2.55. The highest BCUT2D eigenvalue weighted by Crippen LogP contribution is 2.43. The molecule has 5 nitrogen and oxygen atoms in total. The van der Waals surface area contributed by atoms with E-state index in [1.165, 1.54) is 0 Å². The molecule has 1 saturated heterocycles. The average molecular weight is 383 g/mol. The van der Waals surface area contributed by atoms with Crippen molar-refractivity contribution in [3.63, 3.8) is 0 Å². The fourth-order valence-electron chi connectivity index (χ4n) is 3.50. The van der Waals surface area contributed by atoms with Crippen LogP contribution in [0.5, 0.6) is 5.75 Å². The van der Waals surface area contributed by atoms with E-state index < -0.39 is 5.60 Å². The fourth-order valence-corrected chi connectivity index (χ4v) is 3.72. The maximum absolute atomic E-state index is 12.3. The smallest absolute Gasteiger partial charge is 0.410 e. The molecule has 2 N–H and O–H groups in total. The van der Waals surface area contributed by atoms with Crippen molar-refractivity contribution in [1.82, 2.24) is 4.90 Å². The molecule has 1 aliphatic heterocycles. The van der Waals surface area contributed by atoms with Gasteiger partial charge in [-0.25, -0.2) is 4.79 Å². The highest BCUT2D eigenvalue weighted by Gasteiger charge is 2.31. The molecule has 146 valence electrons. The summed E-state index contributed by atoms with van der Waals surface area (Å²) in [7, 11) is 1.67. The summed E-state index contributed by atoms with van der Waals surface area (Å²) in [5, 5.41) is 0.711. The number of halogens is 1. The molecule has 1 atom stereocenters. The van der Waals surface area contributed by atoms with Crippen molar-refractivity contribution < 1.29 is 14.3 Å². The molecule has 0 spiro atoms. The minimum atomic E-state index is -0.479. The van der Waals surface area contributed by atoms with Crippen LogP contribution in [-0.4, -0.2) is 36.8 Å². The first-order valence-corrected chi connectivity index (χ1v) is 9.53. The lowest BCUT2D eigenvalue weighted by Gasteiger charge is -2.35. The summed E-state index contributed by atoms with van der Waals surface area (Å²) >= 11 is 6.47. The third-order valence-electron chi connectivity index (χ3n) is 4.80. The van der Waals surface area contributed by atoms with E-state index in [0.717, 1.165) is 35.3 Å². The van der Waals surface area contributed by atoms with Crippen LogP contribution in [0.15, 0.2) is 6.07 Å². The van der Waals surface area contributed by atoms with Gasteiger partial charge in [-0.1, -0.05) is 11.6 Å². The van der Waals surface area contributed by atoms with Crippen molar-refractivity contribution in [3.8, 4) is 5.75 Å². The molecule has 0 saturated carbocycles. The lowest BCUT2D eigenvalue weighted by molar-refractivity contribution is 0.0204. The molecule has 1 fully saturated rings. The molecular weight excluding hydrogens is 352 g/mol. The molecule has 0 aliphatic carbocycles. The van der Waals surface area contributed by atoms with Crippen molar-refractivity contribution in [2.24, 2.45) is 5.73 Å². The lowest BCUT2D eigenvalue weighted by Crippen LogP contribution is -2.41. The summed E-state index contributed by atoms with van der Waals surface area (Å²) in [6, 6.07) is 1.74. The minimum absolute atomic E-state index is 0.163. The standard InChI is InChI=1S/C20H31ClN2O3/c1-12-16(21)11-15(13(2)22)18(25-6)17(12)14-7-9-23(10-8-14)19(24)26-20(3,4)5/h11,13-14H,7-10,22H2,1-6H3. The summed E-state index contributed by atoms with van der Waals surface area (Å²) in [6.45, 7) is 10.9. The number of methoxy groups -OCH3 is 1. The van der Waals surface area contributed by atoms with Gasteiger partial charge in [0.25, 0.3) is 0 Å². The topological polar surface area (TPSA) is 64.8 Å². The number of hydrogen-bond acceptors (Lipinski definition) is 4. The van der Waals surface area contributed by atoms with Gasteiger partial charge in [0.2, 0.25) is 0 Å². The van der Waals surface area contributed by atoms with Gasteiger partial charge in [-0.15, -0.1) is 0 Å². The van der Waals surface area contributed by atoms with Gasteiger partial charge < -0.3 is 20.1 Å². The normalized spacial score (nSPS) is 17.2. The van der Waals surface area contributed by atoms with Gasteiger partial charge in [0, 0.05) is 35.3 Å². The monoisotopic (exact) mass is 382 g/mol. The number of nitrogens with two attached hydrogens (primary N) is 1. The summed E-state index contributed by atoms with van der Waals surface area (Å²) in [5.74, 6) is 1.11. The van der Waals surface area contributed by atoms with E-state index >= 15 is 0 Å². The Morgan fingerprint density at radius 2 is 1.92 bits per heavy atom. The van der Waals surface area contributed by atoms with E-state index in [4.69, 9.17) is 26.8 Å². The van der Waals surface area contributed by atoms with Crippen LogP contribution < -0.4 is 10.5 Å². The first kappa shape index (κ1) is 20.8. The van der Waals surface area contributed by atoms with E-state index in [-0.39, 0.29) is 18.1 Å². The fraction of sp³-hybridized carbons (Fsp3) is 0.650. The highest BCUT2D eigenvalue weighted by molar-refractivity contribution is 6.31. The van der Waals surface area contributed by atoms with Crippen molar-refractivity contribution >= 4 is 17.7 Å². The van der Waals surface area contributed by atoms with Crippen LogP contribution in [0.2, 0.25) is 5.02 Å². The third kappa shape index (κ3) is 4.63. The number of piperidine rings is 1. The second-order valence-corrected chi connectivity index (χ2v) is 8.46. The molecule has 1 aromatic carbocycles. The molecule has 1 heterocycles. The van der Waals surface area contributed by atoms with Gasteiger partial charge in [-0.05, 0) is 65.0 Å². The van der Waals surface area contributed by atoms with Crippen LogP contribution in [0.3, 0.4) is 0 Å². The van der Waals surface area contributed by atoms with E-state index in [1.54, 1.807) is 12.0 Å². The Balaban J connectivity index is 2.23.